The maximum atomic E-state index is 9.47. The number of hydrogen-bond acceptors (Lipinski definition) is 6. The maximum Gasteiger partial charge on any atom is 0.141 e. The van der Waals surface area contributed by atoms with Gasteiger partial charge >= 0.3 is 0 Å². The van der Waals surface area contributed by atoms with Crippen molar-refractivity contribution in [2.24, 2.45) is 11.8 Å². The summed E-state index contributed by atoms with van der Waals surface area (Å²) < 4.78 is 0. The van der Waals surface area contributed by atoms with Gasteiger partial charge in [-0.2, -0.15) is 0 Å². The molecule has 0 unspecified atom stereocenters. The van der Waals surface area contributed by atoms with E-state index in [2.05, 4.69) is 32.4 Å². The Morgan fingerprint density at radius 1 is 1.16 bits per heavy atom. The Balaban J connectivity index is 1.72. The summed E-state index contributed by atoms with van der Waals surface area (Å²) in [5.74, 6) is 1.19. The Morgan fingerprint density at radius 2 is 1.96 bits per heavy atom. The van der Waals surface area contributed by atoms with E-state index in [9.17, 15) is 10.2 Å². The topological polar surface area (TPSA) is 69.5 Å². The molecule has 0 spiro atoms. The first-order chi connectivity index (χ1) is 12.3. The summed E-state index contributed by atoms with van der Waals surface area (Å²) in [6.45, 7) is 1.75. The van der Waals surface area contributed by atoms with Gasteiger partial charge in [0, 0.05) is 43.2 Å². The molecule has 1 aromatic carbocycles. The van der Waals surface area contributed by atoms with Crippen molar-refractivity contribution in [2.75, 3.05) is 31.2 Å². The third kappa shape index (κ3) is 3.01. The monoisotopic (exact) mass is 355 g/mol. The molecule has 0 aliphatic carbocycles. The van der Waals surface area contributed by atoms with Gasteiger partial charge in [-0.05, 0) is 17.9 Å². The Bertz CT molecular complexity index is 848. The van der Waals surface area contributed by atoms with E-state index in [4.69, 9.17) is 0 Å². The second kappa shape index (κ2) is 7.07. The fraction of sp³-hybridized carbons (Fsp3) is 0.368. The highest BCUT2D eigenvalue weighted by atomic mass is 32.1. The lowest BCUT2D eigenvalue weighted by atomic mass is 9.93. The van der Waals surface area contributed by atoms with Crippen LogP contribution in [-0.2, 0) is 0 Å². The zero-order chi connectivity index (χ0) is 17.2. The van der Waals surface area contributed by atoms with E-state index in [1.165, 1.54) is 11.1 Å². The summed E-state index contributed by atoms with van der Waals surface area (Å²) in [6, 6.07) is 10.3. The molecule has 130 valence electrons. The number of aliphatic hydroxyl groups excluding tert-OH is 2. The van der Waals surface area contributed by atoms with Gasteiger partial charge in [0.25, 0.3) is 0 Å². The van der Waals surface area contributed by atoms with Crippen LogP contribution in [0, 0.1) is 11.8 Å². The van der Waals surface area contributed by atoms with Gasteiger partial charge in [0.05, 0.1) is 5.39 Å². The van der Waals surface area contributed by atoms with Crippen LogP contribution in [-0.4, -0.2) is 46.5 Å². The van der Waals surface area contributed by atoms with Crippen molar-refractivity contribution in [2.45, 2.75) is 6.42 Å². The molecular formula is C19H21N3O2S. The molecule has 3 heterocycles. The summed E-state index contributed by atoms with van der Waals surface area (Å²) in [7, 11) is 0. The highest BCUT2D eigenvalue weighted by molar-refractivity contribution is 7.17. The summed E-state index contributed by atoms with van der Waals surface area (Å²) >= 11 is 1.64. The number of nitrogens with zero attached hydrogens (tertiary/aromatic N) is 3. The van der Waals surface area contributed by atoms with Gasteiger partial charge in [-0.1, -0.05) is 30.3 Å². The van der Waals surface area contributed by atoms with Crippen LogP contribution in [0.3, 0.4) is 0 Å². The number of anilines is 1. The van der Waals surface area contributed by atoms with E-state index in [0.717, 1.165) is 35.5 Å². The Morgan fingerprint density at radius 3 is 2.72 bits per heavy atom. The first-order valence-electron chi connectivity index (χ1n) is 8.56. The molecule has 1 atom stereocenters. The van der Waals surface area contributed by atoms with Crippen LogP contribution >= 0.6 is 11.3 Å². The largest absolute Gasteiger partial charge is 0.396 e. The molecule has 1 aliphatic rings. The quantitative estimate of drug-likeness (QED) is 0.736. The van der Waals surface area contributed by atoms with Crippen LogP contribution in [0.15, 0.2) is 42.0 Å². The van der Waals surface area contributed by atoms with E-state index in [-0.39, 0.29) is 19.1 Å². The fourth-order valence-corrected chi connectivity index (χ4v) is 4.56. The smallest absolute Gasteiger partial charge is 0.141 e. The van der Waals surface area contributed by atoms with Gasteiger partial charge in [0.2, 0.25) is 0 Å². The lowest BCUT2D eigenvalue weighted by molar-refractivity contribution is 0.113. The van der Waals surface area contributed by atoms with Crippen LogP contribution in [0.4, 0.5) is 5.82 Å². The predicted molar refractivity (Wildman–Crippen MR) is 101 cm³/mol. The molecule has 0 saturated carbocycles. The number of aromatic nitrogens is 2. The number of benzene rings is 1. The molecule has 1 aliphatic heterocycles. The summed E-state index contributed by atoms with van der Waals surface area (Å²) in [6.07, 6.45) is 2.59. The van der Waals surface area contributed by atoms with Gasteiger partial charge in [-0.25, -0.2) is 9.97 Å². The van der Waals surface area contributed by atoms with E-state index < -0.39 is 0 Å². The second-order valence-corrected chi connectivity index (χ2v) is 7.37. The van der Waals surface area contributed by atoms with E-state index >= 15 is 0 Å². The van der Waals surface area contributed by atoms with Crippen molar-refractivity contribution in [3.63, 3.8) is 0 Å². The molecule has 1 fully saturated rings. The molecule has 5 nitrogen and oxygen atoms in total. The van der Waals surface area contributed by atoms with Crippen molar-refractivity contribution in [1.29, 1.82) is 0 Å². The Labute approximate surface area is 150 Å². The van der Waals surface area contributed by atoms with Crippen LogP contribution in [0.5, 0.6) is 0 Å². The van der Waals surface area contributed by atoms with Gasteiger partial charge in [0.15, 0.2) is 0 Å². The average Bonchev–Trinajstić information content (AvgIpc) is 3.31. The number of aliphatic hydroxyl groups is 2. The highest BCUT2D eigenvalue weighted by Gasteiger charge is 2.31. The molecule has 3 aromatic rings. The molecular weight excluding hydrogens is 334 g/mol. The molecule has 2 aromatic heterocycles. The second-order valence-electron chi connectivity index (χ2n) is 6.51. The molecule has 1 saturated heterocycles. The lowest BCUT2D eigenvalue weighted by Gasteiger charge is -2.21. The van der Waals surface area contributed by atoms with Crippen molar-refractivity contribution in [1.82, 2.24) is 9.97 Å². The molecule has 2 N–H and O–H groups in total. The third-order valence-electron chi connectivity index (χ3n) is 5.09. The zero-order valence-corrected chi connectivity index (χ0v) is 14.7. The van der Waals surface area contributed by atoms with Gasteiger partial charge in [-0.15, -0.1) is 11.3 Å². The molecule has 0 radical (unpaired) electrons. The summed E-state index contributed by atoms with van der Waals surface area (Å²) in [5.41, 5.74) is 2.34. The number of rotatable bonds is 5. The minimum Gasteiger partial charge on any atom is -0.396 e. The zero-order valence-electron chi connectivity index (χ0n) is 13.9. The van der Waals surface area contributed by atoms with Crippen molar-refractivity contribution in [3.05, 3.63) is 42.0 Å². The number of thiophene rings is 1. The normalized spacial score (nSPS) is 17.7. The van der Waals surface area contributed by atoms with Gasteiger partial charge in [0.1, 0.15) is 17.0 Å². The summed E-state index contributed by atoms with van der Waals surface area (Å²) in [5, 5.41) is 22.2. The summed E-state index contributed by atoms with van der Waals surface area (Å²) in [4.78, 5) is 12.3. The minimum absolute atomic E-state index is 0.0297. The first-order valence-corrected chi connectivity index (χ1v) is 9.44. The van der Waals surface area contributed by atoms with Crippen molar-refractivity contribution < 1.29 is 10.2 Å². The molecule has 4 rings (SSSR count). The number of fused-ring (bicyclic) bond motifs is 1. The van der Waals surface area contributed by atoms with Crippen molar-refractivity contribution >= 4 is 27.4 Å². The third-order valence-corrected chi connectivity index (χ3v) is 5.98. The van der Waals surface area contributed by atoms with Crippen molar-refractivity contribution in [3.8, 4) is 11.1 Å². The maximum absolute atomic E-state index is 9.47. The van der Waals surface area contributed by atoms with Gasteiger partial charge < -0.3 is 15.1 Å². The molecule has 0 amide bonds. The molecule has 0 bridgehead atoms. The van der Waals surface area contributed by atoms with Crippen LogP contribution in [0.2, 0.25) is 0 Å². The standard InChI is InChI=1S/C19H21N3O2S/c23-9-15(10-24)14-6-7-22(8-14)18-17-16(13-4-2-1-3-5-13)11-25-19(17)21-12-20-18/h1-5,11-12,14-15,23-24H,6-10H2/t14-/m0/s1. The van der Waals surface area contributed by atoms with E-state index in [1.807, 2.05) is 18.2 Å². The predicted octanol–water partition coefficient (Wildman–Crippen LogP) is 2.79. The molecule has 25 heavy (non-hydrogen) atoms. The first kappa shape index (κ1) is 16.4. The van der Waals surface area contributed by atoms with E-state index in [1.54, 1.807) is 17.7 Å². The highest BCUT2D eigenvalue weighted by Crippen LogP contribution is 2.39. The number of hydrogen-bond donors (Lipinski definition) is 2. The van der Waals surface area contributed by atoms with Crippen LogP contribution in [0.1, 0.15) is 6.42 Å². The Kier molecular flexibility index (Phi) is 4.65. The fourth-order valence-electron chi connectivity index (χ4n) is 3.65. The van der Waals surface area contributed by atoms with E-state index in [0.29, 0.717) is 5.92 Å². The molecule has 6 heteroatoms. The SMILES string of the molecule is OCC(CO)[C@H]1CCN(c2ncnc3scc(-c4ccccc4)c23)C1. The average molecular weight is 355 g/mol. The van der Waals surface area contributed by atoms with Gasteiger partial charge in [-0.3, -0.25) is 0 Å². The lowest BCUT2D eigenvalue weighted by Crippen LogP contribution is -2.27. The van der Waals surface area contributed by atoms with Crippen LogP contribution in [0.25, 0.3) is 21.3 Å². The van der Waals surface area contributed by atoms with Crippen LogP contribution < -0.4 is 4.90 Å². The minimum atomic E-state index is -0.0570. The Hall–Kier alpha value is -2.02.